The highest BCUT2D eigenvalue weighted by Crippen LogP contribution is 2.21. The first-order valence-electron chi connectivity index (χ1n) is 6.08. The van der Waals surface area contributed by atoms with Gasteiger partial charge in [-0.05, 0) is 32.0 Å². The summed E-state index contributed by atoms with van der Waals surface area (Å²) in [5, 5.41) is 7.46. The van der Waals surface area contributed by atoms with Crippen LogP contribution in [-0.2, 0) is 6.54 Å². The van der Waals surface area contributed by atoms with Crippen LogP contribution in [0.1, 0.15) is 13.8 Å². The molecule has 0 bridgehead atoms. The zero-order valence-corrected chi connectivity index (χ0v) is 10.7. The molecule has 18 heavy (non-hydrogen) atoms. The summed E-state index contributed by atoms with van der Waals surface area (Å²) >= 11 is 0. The van der Waals surface area contributed by atoms with E-state index in [0.717, 1.165) is 18.8 Å². The molecule has 0 aliphatic rings. The van der Waals surface area contributed by atoms with Crippen molar-refractivity contribution in [1.82, 2.24) is 14.8 Å². The van der Waals surface area contributed by atoms with Crippen LogP contribution in [0.15, 0.2) is 36.8 Å². The fourth-order valence-corrected chi connectivity index (χ4v) is 1.58. The van der Waals surface area contributed by atoms with Gasteiger partial charge in [-0.3, -0.25) is 4.68 Å². The maximum Gasteiger partial charge on any atom is 0.237 e. The second-order valence-electron chi connectivity index (χ2n) is 4.22. The molecule has 5 heteroatoms. The van der Waals surface area contributed by atoms with Gasteiger partial charge in [0.2, 0.25) is 5.88 Å². The number of ether oxygens (including phenoxy) is 1. The lowest BCUT2D eigenvalue weighted by atomic mass is 10.4. The summed E-state index contributed by atoms with van der Waals surface area (Å²) in [6, 6.07) is 5.77. The predicted molar refractivity (Wildman–Crippen MR) is 70.7 cm³/mol. The van der Waals surface area contributed by atoms with E-state index in [0.29, 0.717) is 5.88 Å². The zero-order valence-electron chi connectivity index (χ0n) is 10.7. The average Bonchev–Trinajstić information content (AvgIpc) is 2.84. The molecule has 5 nitrogen and oxygen atoms in total. The van der Waals surface area contributed by atoms with Crippen LogP contribution in [-0.4, -0.2) is 27.4 Å². The normalized spacial score (nSPS) is 10.6. The lowest BCUT2D eigenvalue weighted by Gasteiger charge is -2.14. The van der Waals surface area contributed by atoms with Gasteiger partial charge in [0.25, 0.3) is 0 Å². The minimum absolute atomic E-state index is 0.117. The topological polar surface area (TPSA) is 52.0 Å². The quantitative estimate of drug-likeness (QED) is 0.848. The number of pyridine rings is 1. The van der Waals surface area contributed by atoms with Crippen molar-refractivity contribution in [3.8, 4) is 5.88 Å². The fraction of sp³-hybridized carbons (Fsp3) is 0.385. The molecule has 0 saturated carbocycles. The lowest BCUT2D eigenvalue weighted by molar-refractivity contribution is 0.234. The van der Waals surface area contributed by atoms with Gasteiger partial charge in [-0.15, -0.1) is 0 Å². The van der Waals surface area contributed by atoms with E-state index >= 15 is 0 Å². The fourth-order valence-electron chi connectivity index (χ4n) is 1.58. The van der Waals surface area contributed by atoms with Gasteiger partial charge in [0.15, 0.2) is 0 Å². The maximum absolute atomic E-state index is 5.64. The Labute approximate surface area is 107 Å². The number of hydrogen-bond acceptors (Lipinski definition) is 4. The molecule has 1 N–H and O–H groups in total. The summed E-state index contributed by atoms with van der Waals surface area (Å²) in [5.41, 5.74) is 0.915. The van der Waals surface area contributed by atoms with Crippen molar-refractivity contribution in [3.63, 3.8) is 0 Å². The summed E-state index contributed by atoms with van der Waals surface area (Å²) in [4.78, 5) is 4.23. The first-order chi connectivity index (χ1) is 8.75. The molecule has 0 spiro atoms. The van der Waals surface area contributed by atoms with Crippen LogP contribution in [0, 0.1) is 0 Å². The van der Waals surface area contributed by atoms with Gasteiger partial charge in [-0.2, -0.15) is 5.10 Å². The van der Waals surface area contributed by atoms with Gasteiger partial charge in [0.05, 0.1) is 18.3 Å². The molecule has 0 aliphatic heterocycles. The number of nitrogens with zero attached hydrogens (tertiary/aromatic N) is 3. The molecule has 0 aliphatic carbocycles. The van der Waals surface area contributed by atoms with E-state index in [1.54, 1.807) is 12.4 Å². The van der Waals surface area contributed by atoms with Gasteiger partial charge in [-0.25, -0.2) is 4.98 Å². The first-order valence-corrected chi connectivity index (χ1v) is 6.08. The van der Waals surface area contributed by atoms with E-state index in [-0.39, 0.29) is 6.10 Å². The standard InChI is InChI=1S/C13H18N4O/c1-11(2)18-13-12(5-3-6-15-13)14-8-10-17-9-4-7-16-17/h3-7,9,11,14H,8,10H2,1-2H3. The molecule has 0 saturated heterocycles. The Bertz CT molecular complexity index is 468. The highest BCUT2D eigenvalue weighted by Gasteiger charge is 2.05. The third-order valence-electron chi connectivity index (χ3n) is 2.33. The van der Waals surface area contributed by atoms with Crippen LogP contribution in [0.3, 0.4) is 0 Å². The molecular formula is C13H18N4O. The Hall–Kier alpha value is -2.04. The van der Waals surface area contributed by atoms with E-state index in [1.807, 2.05) is 42.9 Å². The Morgan fingerprint density at radius 3 is 2.94 bits per heavy atom. The SMILES string of the molecule is CC(C)Oc1ncccc1NCCn1cccn1. The van der Waals surface area contributed by atoms with Gasteiger partial charge >= 0.3 is 0 Å². The second-order valence-corrected chi connectivity index (χ2v) is 4.22. The molecule has 0 fully saturated rings. The number of nitrogens with one attached hydrogen (secondary N) is 1. The smallest absolute Gasteiger partial charge is 0.237 e. The van der Waals surface area contributed by atoms with E-state index in [2.05, 4.69) is 15.4 Å². The number of anilines is 1. The highest BCUT2D eigenvalue weighted by molar-refractivity contribution is 5.51. The molecule has 0 amide bonds. The van der Waals surface area contributed by atoms with Gasteiger partial charge in [0, 0.05) is 25.1 Å². The van der Waals surface area contributed by atoms with Crippen LogP contribution < -0.4 is 10.1 Å². The molecule has 2 aromatic heterocycles. The van der Waals surface area contributed by atoms with Crippen LogP contribution in [0.25, 0.3) is 0 Å². The zero-order chi connectivity index (χ0) is 12.8. The van der Waals surface area contributed by atoms with Crippen LogP contribution in [0.2, 0.25) is 0 Å². The molecular weight excluding hydrogens is 228 g/mol. The summed E-state index contributed by atoms with van der Waals surface area (Å²) in [6.07, 6.45) is 5.57. The predicted octanol–water partition coefficient (Wildman–Crippen LogP) is 2.18. The third kappa shape index (κ3) is 3.48. The van der Waals surface area contributed by atoms with Crippen LogP contribution >= 0.6 is 0 Å². The summed E-state index contributed by atoms with van der Waals surface area (Å²) in [7, 11) is 0. The van der Waals surface area contributed by atoms with Crippen molar-refractivity contribution >= 4 is 5.69 Å². The van der Waals surface area contributed by atoms with Gasteiger partial charge in [0.1, 0.15) is 0 Å². The minimum atomic E-state index is 0.117. The van der Waals surface area contributed by atoms with Crippen molar-refractivity contribution in [2.45, 2.75) is 26.5 Å². The molecule has 2 aromatic rings. The third-order valence-corrected chi connectivity index (χ3v) is 2.33. The largest absolute Gasteiger partial charge is 0.473 e. The number of aromatic nitrogens is 3. The van der Waals surface area contributed by atoms with Crippen molar-refractivity contribution in [1.29, 1.82) is 0 Å². The summed E-state index contributed by atoms with van der Waals surface area (Å²) < 4.78 is 7.52. The molecule has 0 radical (unpaired) electrons. The summed E-state index contributed by atoms with van der Waals surface area (Å²) in [6.45, 7) is 5.56. The molecule has 0 atom stereocenters. The second kappa shape index (κ2) is 6.05. The van der Waals surface area contributed by atoms with E-state index in [9.17, 15) is 0 Å². The van der Waals surface area contributed by atoms with Gasteiger partial charge < -0.3 is 10.1 Å². The Balaban J connectivity index is 1.92. The minimum Gasteiger partial charge on any atom is -0.473 e. The average molecular weight is 246 g/mol. The lowest BCUT2D eigenvalue weighted by Crippen LogP contribution is -2.13. The summed E-state index contributed by atoms with van der Waals surface area (Å²) in [5.74, 6) is 0.646. The maximum atomic E-state index is 5.64. The number of hydrogen-bond donors (Lipinski definition) is 1. The van der Waals surface area contributed by atoms with Crippen molar-refractivity contribution in [2.75, 3.05) is 11.9 Å². The molecule has 0 aromatic carbocycles. The Morgan fingerprint density at radius 2 is 2.22 bits per heavy atom. The van der Waals surface area contributed by atoms with E-state index in [4.69, 9.17) is 4.74 Å². The van der Waals surface area contributed by atoms with Gasteiger partial charge in [-0.1, -0.05) is 0 Å². The molecule has 96 valence electrons. The molecule has 2 rings (SSSR count). The first kappa shape index (κ1) is 12.4. The Kier molecular flexibility index (Phi) is 4.17. The Morgan fingerprint density at radius 1 is 1.33 bits per heavy atom. The molecule has 0 unspecified atom stereocenters. The van der Waals surface area contributed by atoms with Crippen LogP contribution in [0.5, 0.6) is 5.88 Å². The molecule has 2 heterocycles. The van der Waals surface area contributed by atoms with E-state index in [1.165, 1.54) is 0 Å². The van der Waals surface area contributed by atoms with Crippen molar-refractivity contribution < 1.29 is 4.74 Å². The number of rotatable bonds is 6. The van der Waals surface area contributed by atoms with Crippen LogP contribution in [0.4, 0.5) is 5.69 Å². The van der Waals surface area contributed by atoms with Crippen molar-refractivity contribution in [2.24, 2.45) is 0 Å². The monoisotopic (exact) mass is 246 g/mol. The van der Waals surface area contributed by atoms with E-state index < -0.39 is 0 Å². The highest BCUT2D eigenvalue weighted by atomic mass is 16.5. The van der Waals surface area contributed by atoms with Crippen molar-refractivity contribution in [3.05, 3.63) is 36.8 Å².